The van der Waals surface area contributed by atoms with Gasteiger partial charge in [-0.2, -0.15) is 0 Å². The van der Waals surface area contributed by atoms with Crippen molar-refractivity contribution in [1.29, 1.82) is 0 Å². The summed E-state index contributed by atoms with van der Waals surface area (Å²) in [5.74, 6) is 0.574. The third-order valence-corrected chi connectivity index (χ3v) is 6.84. The molecule has 158 valence electrons. The highest BCUT2D eigenvalue weighted by Crippen LogP contribution is 2.50. The fourth-order valence-corrected chi connectivity index (χ4v) is 5.48. The summed E-state index contributed by atoms with van der Waals surface area (Å²) < 4.78 is 27.2. The van der Waals surface area contributed by atoms with Gasteiger partial charge in [0.15, 0.2) is 0 Å². The number of likely N-dealkylation sites (tertiary alicyclic amines) is 1. The smallest absolute Gasteiger partial charge is 0.410 e. The quantitative estimate of drug-likeness (QED) is 0.615. The van der Waals surface area contributed by atoms with Crippen LogP contribution in [0.2, 0.25) is 0 Å². The number of amides is 1. The minimum Gasteiger partial charge on any atom is -0.498 e. The minimum atomic E-state index is -0.428. The van der Waals surface area contributed by atoms with Crippen LogP contribution in [0.15, 0.2) is 65.8 Å². The summed E-state index contributed by atoms with van der Waals surface area (Å²) in [6.07, 6.45) is 1.02. The van der Waals surface area contributed by atoms with Crippen LogP contribution in [0.3, 0.4) is 0 Å². The first-order chi connectivity index (χ1) is 14.5. The lowest BCUT2D eigenvalue weighted by atomic mass is 9.82. The Morgan fingerprint density at radius 2 is 2.03 bits per heavy atom. The van der Waals surface area contributed by atoms with Gasteiger partial charge in [0, 0.05) is 18.0 Å². The third-order valence-electron chi connectivity index (χ3n) is 5.75. The van der Waals surface area contributed by atoms with E-state index < -0.39 is 5.54 Å². The van der Waals surface area contributed by atoms with Crippen LogP contribution in [0.5, 0.6) is 0 Å². The summed E-state index contributed by atoms with van der Waals surface area (Å²) in [5.41, 5.74) is 1.32. The number of halogens is 1. The van der Waals surface area contributed by atoms with Gasteiger partial charge in [0.1, 0.15) is 23.7 Å². The second kappa shape index (κ2) is 8.60. The number of carbonyl (C=O) groups is 1. The monoisotopic (exact) mass is 428 g/mol. The molecule has 4 rings (SSSR count). The topological polar surface area (TPSA) is 42.0 Å². The summed E-state index contributed by atoms with van der Waals surface area (Å²) in [6.45, 7) is 2.80. The SMILES string of the molecule is COC1=CSN(c2cccc(F)c2)[C@@]12CCN(C(=O)OCc1ccccc1)[C@@H](C)C2. The van der Waals surface area contributed by atoms with Crippen molar-refractivity contribution in [2.24, 2.45) is 0 Å². The first kappa shape index (κ1) is 20.6. The maximum atomic E-state index is 13.9. The normalized spacial score (nSPS) is 23.4. The van der Waals surface area contributed by atoms with Crippen LogP contribution in [0.25, 0.3) is 0 Å². The predicted octanol–water partition coefficient (Wildman–Crippen LogP) is 5.34. The predicted molar refractivity (Wildman–Crippen MR) is 116 cm³/mol. The van der Waals surface area contributed by atoms with Crippen LogP contribution in [0.4, 0.5) is 14.9 Å². The molecule has 2 heterocycles. The zero-order valence-corrected chi connectivity index (χ0v) is 17.9. The van der Waals surface area contributed by atoms with Gasteiger partial charge >= 0.3 is 6.09 Å². The molecule has 2 aromatic rings. The number of hydrogen-bond acceptors (Lipinski definition) is 5. The molecule has 1 saturated heterocycles. The number of methoxy groups -OCH3 is 1. The lowest BCUT2D eigenvalue weighted by Crippen LogP contribution is -2.57. The molecule has 2 aliphatic heterocycles. The van der Waals surface area contributed by atoms with E-state index in [0.29, 0.717) is 19.4 Å². The van der Waals surface area contributed by atoms with E-state index in [-0.39, 0.29) is 24.6 Å². The number of anilines is 1. The first-order valence-corrected chi connectivity index (χ1v) is 10.8. The lowest BCUT2D eigenvalue weighted by Gasteiger charge is -2.48. The van der Waals surface area contributed by atoms with Crippen LogP contribution in [0, 0.1) is 5.82 Å². The van der Waals surface area contributed by atoms with Crippen molar-refractivity contribution in [3.8, 4) is 0 Å². The zero-order chi connectivity index (χ0) is 21.1. The maximum Gasteiger partial charge on any atom is 0.410 e. The summed E-state index contributed by atoms with van der Waals surface area (Å²) in [6, 6.07) is 16.2. The van der Waals surface area contributed by atoms with Gasteiger partial charge in [-0.15, -0.1) is 0 Å². The average molecular weight is 429 g/mol. The number of benzene rings is 2. The molecule has 0 radical (unpaired) electrons. The highest BCUT2D eigenvalue weighted by Gasteiger charge is 2.51. The standard InChI is InChI=1S/C23H25FN2O3S/c1-17-14-23(11-12-25(17)22(27)29-15-18-7-4-3-5-8-18)21(28-2)16-30-26(23)20-10-6-9-19(24)13-20/h3-10,13,16-17H,11-12,14-15H2,1-2H3/t17-,23+/m0/s1. The van der Waals surface area contributed by atoms with Crippen LogP contribution >= 0.6 is 11.9 Å². The Morgan fingerprint density at radius 1 is 1.23 bits per heavy atom. The van der Waals surface area contributed by atoms with Crippen LogP contribution in [-0.2, 0) is 16.1 Å². The van der Waals surface area contributed by atoms with E-state index in [9.17, 15) is 9.18 Å². The average Bonchev–Trinajstić information content (AvgIpc) is 3.10. The number of nitrogens with zero attached hydrogens (tertiary/aromatic N) is 2. The Labute approximate surface area is 180 Å². The van der Waals surface area contributed by atoms with E-state index >= 15 is 0 Å². The largest absolute Gasteiger partial charge is 0.498 e. The molecule has 0 bridgehead atoms. The molecule has 0 aliphatic carbocycles. The van der Waals surface area contributed by atoms with Gasteiger partial charge in [-0.25, -0.2) is 9.18 Å². The van der Waals surface area contributed by atoms with E-state index in [1.807, 2.05) is 48.7 Å². The van der Waals surface area contributed by atoms with Crippen molar-refractivity contribution in [1.82, 2.24) is 4.90 Å². The first-order valence-electron chi connectivity index (χ1n) is 9.98. The van der Waals surface area contributed by atoms with Gasteiger partial charge in [-0.1, -0.05) is 36.4 Å². The van der Waals surface area contributed by atoms with Crippen molar-refractivity contribution in [2.75, 3.05) is 18.0 Å². The Balaban J connectivity index is 1.49. The number of hydrogen-bond donors (Lipinski definition) is 0. The fraction of sp³-hybridized carbons (Fsp3) is 0.348. The molecule has 0 aromatic heterocycles. The Hall–Kier alpha value is -2.67. The molecule has 2 aromatic carbocycles. The van der Waals surface area contributed by atoms with Gasteiger partial charge in [0.05, 0.1) is 12.8 Å². The molecular weight excluding hydrogens is 403 g/mol. The van der Waals surface area contributed by atoms with Gasteiger partial charge in [0.25, 0.3) is 0 Å². The van der Waals surface area contributed by atoms with E-state index in [0.717, 1.165) is 17.0 Å². The van der Waals surface area contributed by atoms with E-state index in [2.05, 4.69) is 4.31 Å². The molecule has 30 heavy (non-hydrogen) atoms. The molecule has 0 N–H and O–H groups in total. The Kier molecular flexibility index (Phi) is 5.90. The molecule has 5 nitrogen and oxygen atoms in total. The van der Waals surface area contributed by atoms with Crippen molar-refractivity contribution < 1.29 is 18.7 Å². The number of ether oxygens (including phenoxy) is 2. The van der Waals surface area contributed by atoms with E-state index in [1.54, 1.807) is 18.1 Å². The highest BCUT2D eigenvalue weighted by molar-refractivity contribution is 8.03. The minimum absolute atomic E-state index is 0.0599. The summed E-state index contributed by atoms with van der Waals surface area (Å²) in [5, 5.41) is 1.97. The molecular formula is C23H25FN2O3S. The molecule has 1 spiro atoms. The molecule has 0 saturated carbocycles. The summed E-state index contributed by atoms with van der Waals surface area (Å²) in [4.78, 5) is 14.5. The molecule has 0 unspecified atom stereocenters. The second-order valence-corrected chi connectivity index (χ2v) is 8.45. The maximum absolute atomic E-state index is 13.9. The summed E-state index contributed by atoms with van der Waals surface area (Å²) >= 11 is 1.51. The number of carbonyl (C=O) groups excluding carboxylic acids is 1. The highest BCUT2D eigenvalue weighted by atomic mass is 32.2. The third kappa shape index (κ3) is 3.86. The van der Waals surface area contributed by atoms with Crippen LogP contribution in [0.1, 0.15) is 25.3 Å². The van der Waals surface area contributed by atoms with Crippen LogP contribution < -0.4 is 4.31 Å². The number of rotatable bonds is 4. The molecule has 2 aliphatic rings. The van der Waals surface area contributed by atoms with E-state index in [1.165, 1.54) is 24.1 Å². The molecule has 2 atom stereocenters. The van der Waals surface area contributed by atoms with Gasteiger partial charge < -0.3 is 14.4 Å². The van der Waals surface area contributed by atoms with Gasteiger partial charge in [0.2, 0.25) is 0 Å². The van der Waals surface area contributed by atoms with Crippen molar-refractivity contribution in [3.63, 3.8) is 0 Å². The fourth-order valence-electron chi connectivity index (χ4n) is 4.27. The van der Waals surface area contributed by atoms with Crippen molar-refractivity contribution in [2.45, 2.75) is 38.0 Å². The molecule has 1 amide bonds. The van der Waals surface area contributed by atoms with Crippen molar-refractivity contribution >= 4 is 23.7 Å². The van der Waals surface area contributed by atoms with Gasteiger partial charge in [-0.3, -0.25) is 4.31 Å². The summed E-state index contributed by atoms with van der Waals surface area (Å²) in [7, 11) is 1.66. The van der Waals surface area contributed by atoms with Gasteiger partial charge in [-0.05, 0) is 55.5 Å². The van der Waals surface area contributed by atoms with Crippen LogP contribution in [-0.4, -0.2) is 36.2 Å². The Bertz CT molecular complexity index is 939. The van der Waals surface area contributed by atoms with Crippen molar-refractivity contribution in [3.05, 3.63) is 77.1 Å². The molecule has 7 heteroatoms. The number of piperidine rings is 1. The second-order valence-electron chi connectivity index (χ2n) is 7.63. The zero-order valence-electron chi connectivity index (χ0n) is 17.1. The lowest BCUT2D eigenvalue weighted by molar-refractivity contribution is 0.0540. The Morgan fingerprint density at radius 3 is 2.73 bits per heavy atom. The molecule has 1 fully saturated rings. The van der Waals surface area contributed by atoms with E-state index in [4.69, 9.17) is 9.47 Å².